The zero-order valence-electron chi connectivity index (χ0n) is 15.3. The first-order valence-electron chi connectivity index (χ1n) is 8.30. The van der Waals surface area contributed by atoms with E-state index in [1.165, 1.54) is 26.4 Å². The summed E-state index contributed by atoms with van der Waals surface area (Å²) in [5, 5.41) is 6.02. The van der Waals surface area contributed by atoms with Gasteiger partial charge in [-0.1, -0.05) is 25.1 Å². The summed E-state index contributed by atoms with van der Waals surface area (Å²) in [6, 6.07) is 10.0. The summed E-state index contributed by atoms with van der Waals surface area (Å²) in [7, 11) is 2.58. The number of halogens is 2. The first kappa shape index (κ1) is 20.4. The minimum atomic E-state index is -3.05. The Morgan fingerprint density at radius 2 is 1.74 bits per heavy atom. The van der Waals surface area contributed by atoms with Crippen molar-refractivity contribution in [3.8, 4) is 17.2 Å². The number of rotatable bonds is 9. The summed E-state index contributed by atoms with van der Waals surface area (Å²) < 4.78 is 39.9. The lowest BCUT2D eigenvalue weighted by molar-refractivity contribution is -0.0526. The lowest BCUT2D eigenvalue weighted by Crippen LogP contribution is -2.17. The predicted molar refractivity (Wildman–Crippen MR) is 98.0 cm³/mol. The van der Waals surface area contributed by atoms with E-state index < -0.39 is 12.5 Å². The van der Waals surface area contributed by atoms with Crippen LogP contribution in [0.3, 0.4) is 0 Å². The standard InChI is InChI=1S/C19H22F2N2O4/c1-4-22-11-12-7-5-6-8-14(12)23-18(24)13-9-15(25-2)17(27-19(20)21)16(10-13)26-3/h5-10,19,22H,4,11H2,1-3H3,(H,23,24). The van der Waals surface area contributed by atoms with Crippen molar-refractivity contribution in [2.75, 3.05) is 26.1 Å². The molecule has 0 fully saturated rings. The number of methoxy groups -OCH3 is 2. The van der Waals surface area contributed by atoms with Crippen molar-refractivity contribution in [1.29, 1.82) is 0 Å². The zero-order chi connectivity index (χ0) is 19.8. The third kappa shape index (κ3) is 5.30. The van der Waals surface area contributed by atoms with Gasteiger partial charge in [0.15, 0.2) is 11.5 Å². The number of ether oxygens (including phenoxy) is 3. The number of para-hydroxylation sites is 1. The van der Waals surface area contributed by atoms with E-state index in [1.54, 1.807) is 6.07 Å². The smallest absolute Gasteiger partial charge is 0.387 e. The number of carbonyl (C=O) groups excluding carboxylic acids is 1. The molecule has 0 spiro atoms. The van der Waals surface area contributed by atoms with Crippen LogP contribution in [0.5, 0.6) is 17.2 Å². The molecule has 6 nitrogen and oxygen atoms in total. The average molecular weight is 380 g/mol. The molecule has 2 aromatic carbocycles. The fraction of sp³-hybridized carbons (Fsp3) is 0.316. The van der Waals surface area contributed by atoms with Crippen LogP contribution < -0.4 is 24.8 Å². The van der Waals surface area contributed by atoms with Gasteiger partial charge >= 0.3 is 6.61 Å². The predicted octanol–water partition coefficient (Wildman–Crippen LogP) is 3.67. The molecule has 0 radical (unpaired) electrons. The maximum atomic E-state index is 12.7. The van der Waals surface area contributed by atoms with E-state index in [9.17, 15) is 13.6 Å². The van der Waals surface area contributed by atoms with Crippen LogP contribution in [-0.2, 0) is 6.54 Å². The van der Waals surface area contributed by atoms with Crippen molar-refractivity contribution in [3.63, 3.8) is 0 Å². The van der Waals surface area contributed by atoms with E-state index in [-0.39, 0.29) is 22.8 Å². The molecule has 8 heteroatoms. The van der Waals surface area contributed by atoms with Gasteiger partial charge in [-0.15, -0.1) is 0 Å². The third-order valence-corrected chi connectivity index (χ3v) is 3.76. The molecular weight excluding hydrogens is 358 g/mol. The Bertz CT molecular complexity index is 759. The molecule has 0 aliphatic carbocycles. The molecule has 0 saturated heterocycles. The van der Waals surface area contributed by atoms with Gasteiger partial charge in [0.05, 0.1) is 14.2 Å². The fourth-order valence-electron chi connectivity index (χ4n) is 2.47. The topological polar surface area (TPSA) is 68.8 Å². The Hall–Kier alpha value is -2.87. The number of benzene rings is 2. The first-order chi connectivity index (χ1) is 13.0. The fourth-order valence-corrected chi connectivity index (χ4v) is 2.47. The van der Waals surface area contributed by atoms with Crippen molar-refractivity contribution >= 4 is 11.6 Å². The van der Waals surface area contributed by atoms with Gasteiger partial charge < -0.3 is 24.8 Å². The van der Waals surface area contributed by atoms with Crippen molar-refractivity contribution in [2.45, 2.75) is 20.1 Å². The first-order valence-corrected chi connectivity index (χ1v) is 8.30. The quantitative estimate of drug-likeness (QED) is 0.695. The number of carbonyl (C=O) groups is 1. The molecule has 0 aromatic heterocycles. The van der Waals surface area contributed by atoms with Crippen molar-refractivity contribution in [2.24, 2.45) is 0 Å². The number of amides is 1. The Labute approximate surface area is 156 Å². The van der Waals surface area contributed by atoms with E-state index in [1.807, 2.05) is 25.1 Å². The third-order valence-electron chi connectivity index (χ3n) is 3.76. The minimum absolute atomic E-state index is 0.0271. The highest BCUT2D eigenvalue weighted by molar-refractivity contribution is 6.05. The van der Waals surface area contributed by atoms with Gasteiger partial charge in [0.2, 0.25) is 5.75 Å². The molecule has 0 saturated carbocycles. The van der Waals surface area contributed by atoms with E-state index in [4.69, 9.17) is 9.47 Å². The van der Waals surface area contributed by atoms with Crippen molar-refractivity contribution in [1.82, 2.24) is 5.32 Å². The van der Waals surface area contributed by atoms with Crippen LogP contribution in [0.4, 0.5) is 14.5 Å². The SMILES string of the molecule is CCNCc1ccccc1NC(=O)c1cc(OC)c(OC(F)F)c(OC)c1. The summed E-state index contributed by atoms with van der Waals surface area (Å²) in [6.07, 6.45) is 0. The van der Waals surface area contributed by atoms with Gasteiger partial charge in [-0.25, -0.2) is 0 Å². The maximum Gasteiger partial charge on any atom is 0.387 e. The van der Waals surface area contributed by atoms with Crippen LogP contribution in [-0.4, -0.2) is 33.3 Å². The number of hydrogen-bond donors (Lipinski definition) is 2. The molecule has 2 rings (SSSR count). The molecule has 1 amide bonds. The van der Waals surface area contributed by atoms with Gasteiger partial charge in [0.1, 0.15) is 0 Å². The lowest BCUT2D eigenvalue weighted by Gasteiger charge is -2.16. The monoisotopic (exact) mass is 380 g/mol. The normalized spacial score (nSPS) is 10.6. The van der Waals surface area contributed by atoms with Crippen LogP contribution in [0, 0.1) is 0 Å². The van der Waals surface area contributed by atoms with E-state index in [0.29, 0.717) is 12.2 Å². The van der Waals surface area contributed by atoms with E-state index in [0.717, 1.165) is 12.1 Å². The molecule has 0 aliphatic rings. The van der Waals surface area contributed by atoms with E-state index >= 15 is 0 Å². The molecule has 0 atom stereocenters. The summed E-state index contributed by atoms with van der Waals surface area (Å²) in [4.78, 5) is 12.7. The molecule has 146 valence electrons. The van der Waals surface area contributed by atoms with Crippen LogP contribution in [0.1, 0.15) is 22.8 Å². The van der Waals surface area contributed by atoms with E-state index in [2.05, 4.69) is 15.4 Å². The molecule has 2 aromatic rings. The van der Waals surface area contributed by atoms with Gasteiger partial charge in [0, 0.05) is 17.8 Å². The Morgan fingerprint density at radius 1 is 1.11 bits per heavy atom. The molecule has 0 heterocycles. The van der Waals surface area contributed by atoms with Gasteiger partial charge in [-0.2, -0.15) is 8.78 Å². The highest BCUT2D eigenvalue weighted by Gasteiger charge is 2.21. The number of alkyl halides is 2. The van der Waals surface area contributed by atoms with Crippen molar-refractivity contribution < 1.29 is 27.8 Å². The number of hydrogen-bond acceptors (Lipinski definition) is 5. The molecule has 2 N–H and O–H groups in total. The lowest BCUT2D eigenvalue weighted by atomic mass is 10.1. The van der Waals surface area contributed by atoms with Crippen LogP contribution in [0.2, 0.25) is 0 Å². The summed E-state index contributed by atoms with van der Waals surface area (Å²) in [6.45, 7) is 0.330. The minimum Gasteiger partial charge on any atom is -0.493 e. The molecule has 0 bridgehead atoms. The summed E-state index contributed by atoms with van der Waals surface area (Å²) >= 11 is 0. The van der Waals surface area contributed by atoms with Crippen LogP contribution >= 0.6 is 0 Å². The van der Waals surface area contributed by atoms with Gasteiger partial charge in [-0.05, 0) is 30.3 Å². The van der Waals surface area contributed by atoms with Crippen molar-refractivity contribution in [3.05, 3.63) is 47.5 Å². The number of anilines is 1. The largest absolute Gasteiger partial charge is 0.493 e. The maximum absolute atomic E-state index is 12.7. The Balaban J connectivity index is 2.31. The Kier molecular flexibility index (Phi) is 7.36. The van der Waals surface area contributed by atoms with Crippen LogP contribution in [0.25, 0.3) is 0 Å². The van der Waals surface area contributed by atoms with Gasteiger partial charge in [0.25, 0.3) is 5.91 Å². The zero-order valence-corrected chi connectivity index (χ0v) is 15.3. The van der Waals surface area contributed by atoms with Crippen LogP contribution in [0.15, 0.2) is 36.4 Å². The summed E-state index contributed by atoms with van der Waals surface area (Å²) in [5.41, 5.74) is 1.75. The Morgan fingerprint density at radius 3 is 2.30 bits per heavy atom. The second-order valence-electron chi connectivity index (χ2n) is 5.48. The second-order valence-corrected chi connectivity index (χ2v) is 5.48. The highest BCUT2D eigenvalue weighted by atomic mass is 19.3. The number of nitrogens with one attached hydrogen (secondary N) is 2. The molecule has 0 unspecified atom stereocenters. The average Bonchev–Trinajstić information content (AvgIpc) is 2.66. The second kappa shape index (κ2) is 9.72. The molecule has 27 heavy (non-hydrogen) atoms. The highest BCUT2D eigenvalue weighted by Crippen LogP contribution is 2.39. The summed E-state index contributed by atoms with van der Waals surface area (Å²) in [5.74, 6) is -0.750. The molecule has 0 aliphatic heterocycles. The van der Waals surface area contributed by atoms with Gasteiger partial charge in [-0.3, -0.25) is 4.79 Å². The molecular formula is C19H22F2N2O4.